The molecule has 0 aliphatic heterocycles. The number of nitrogens with one attached hydrogen (secondary N) is 1. The first-order chi connectivity index (χ1) is 13.3. The van der Waals surface area contributed by atoms with Crippen LogP contribution in [0, 0.1) is 5.82 Å². The van der Waals surface area contributed by atoms with Gasteiger partial charge in [-0.05, 0) is 42.5 Å². The van der Waals surface area contributed by atoms with Crippen molar-refractivity contribution in [1.82, 2.24) is 19.5 Å². The molecule has 0 saturated carbocycles. The van der Waals surface area contributed by atoms with Gasteiger partial charge in [0.2, 0.25) is 0 Å². The first-order valence-electron chi connectivity index (χ1n) is 8.54. The van der Waals surface area contributed by atoms with Crippen LogP contribution < -0.4 is 0 Å². The number of aromatic amines is 1. The van der Waals surface area contributed by atoms with Crippen molar-refractivity contribution in [2.75, 3.05) is 0 Å². The monoisotopic (exact) mass is 358 g/mol. The van der Waals surface area contributed by atoms with E-state index in [1.54, 1.807) is 37.2 Å². The lowest BCUT2D eigenvalue weighted by molar-refractivity contribution is 0.562. The second-order valence-corrected chi connectivity index (χ2v) is 6.31. The molecule has 5 nitrogen and oxygen atoms in total. The molecule has 27 heavy (non-hydrogen) atoms. The van der Waals surface area contributed by atoms with E-state index in [0.29, 0.717) is 6.54 Å². The number of nitrogens with zero attached hydrogens (tertiary/aromatic N) is 3. The lowest BCUT2D eigenvalue weighted by atomic mass is 10.0. The van der Waals surface area contributed by atoms with Crippen molar-refractivity contribution >= 4 is 11.0 Å². The van der Waals surface area contributed by atoms with Gasteiger partial charge in [0.1, 0.15) is 11.5 Å². The molecule has 0 atom stereocenters. The van der Waals surface area contributed by atoms with Crippen LogP contribution in [0.2, 0.25) is 0 Å². The minimum Gasteiger partial charge on any atom is -0.472 e. The Morgan fingerprint density at radius 3 is 2.74 bits per heavy atom. The summed E-state index contributed by atoms with van der Waals surface area (Å²) in [4.78, 5) is 12.2. The van der Waals surface area contributed by atoms with E-state index in [1.165, 1.54) is 12.1 Å². The van der Waals surface area contributed by atoms with E-state index in [4.69, 9.17) is 4.42 Å². The van der Waals surface area contributed by atoms with Crippen LogP contribution in [0.1, 0.15) is 5.56 Å². The highest BCUT2D eigenvalue weighted by Crippen LogP contribution is 2.35. The van der Waals surface area contributed by atoms with Crippen LogP contribution in [0.15, 0.2) is 78.1 Å². The fraction of sp³-hybridized carbons (Fsp3) is 0.0476. The topological polar surface area (TPSA) is 59.6 Å². The summed E-state index contributed by atoms with van der Waals surface area (Å²) < 4.78 is 20.7. The highest BCUT2D eigenvalue weighted by molar-refractivity contribution is 5.95. The molecule has 4 aromatic heterocycles. The summed E-state index contributed by atoms with van der Waals surface area (Å²) in [6.45, 7) is 0.619. The Kier molecular flexibility index (Phi) is 3.60. The zero-order valence-corrected chi connectivity index (χ0v) is 14.3. The number of hydrogen-bond acceptors (Lipinski definition) is 3. The summed E-state index contributed by atoms with van der Waals surface area (Å²) in [7, 11) is 0. The molecule has 1 aromatic carbocycles. The summed E-state index contributed by atoms with van der Waals surface area (Å²) in [6.07, 6.45) is 8.83. The number of pyridine rings is 1. The molecule has 4 heterocycles. The van der Waals surface area contributed by atoms with E-state index < -0.39 is 0 Å². The van der Waals surface area contributed by atoms with Crippen LogP contribution in [-0.2, 0) is 6.54 Å². The Labute approximate surface area is 154 Å². The number of halogens is 1. The third-order valence-electron chi connectivity index (χ3n) is 4.60. The van der Waals surface area contributed by atoms with Gasteiger partial charge >= 0.3 is 0 Å². The maximum absolute atomic E-state index is 13.4. The van der Waals surface area contributed by atoms with Crippen LogP contribution in [0.5, 0.6) is 0 Å². The van der Waals surface area contributed by atoms with E-state index in [0.717, 1.165) is 39.1 Å². The van der Waals surface area contributed by atoms with E-state index >= 15 is 0 Å². The standard InChI is InChI=1S/C21H15FN4O/c22-16-3-1-15(2-4-16)19-20(17-5-8-23-21-18(17)6-9-24-21)26(13-25-19)11-14-7-10-27-12-14/h1-10,12-13H,11H2,(H,23,24). The van der Waals surface area contributed by atoms with Gasteiger partial charge in [-0.3, -0.25) is 0 Å². The van der Waals surface area contributed by atoms with Crippen LogP contribution in [0.4, 0.5) is 4.39 Å². The normalized spacial score (nSPS) is 11.3. The van der Waals surface area contributed by atoms with Crippen molar-refractivity contribution in [2.24, 2.45) is 0 Å². The number of imidazole rings is 1. The Morgan fingerprint density at radius 1 is 1.04 bits per heavy atom. The van der Waals surface area contributed by atoms with Crippen molar-refractivity contribution < 1.29 is 8.81 Å². The minimum absolute atomic E-state index is 0.268. The van der Waals surface area contributed by atoms with Gasteiger partial charge in [0.15, 0.2) is 0 Å². The molecule has 0 saturated heterocycles. The quantitative estimate of drug-likeness (QED) is 0.498. The molecule has 0 amide bonds. The fourth-order valence-electron chi connectivity index (χ4n) is 3.35. The summed E-state index contributed by atoms with van der Waals surface area (Å²) in [5.41, 5.74) is 5.48. The average molecular weight is 358 g/mol. The summed E-state index contributed by atoms with van der Waals surface area (Å²) in [5, 5.41) is 1.01. The lowest BCUT2D eigenvalue weighted by Gasteiger charge is -2.11. The first kappa shape index (κ1) is 15.6. The van der Waals surface area contributed by atoms with Gasteiger partial charge < -0.3 is 14.0 Å². The van der Waals surface area contributed by atoms with Crippen molar-refractivity contribution in [1.29, 1.82) is 0 Å². The number of aromatic nitrogens is 4. The Bertz CT molecular complexity index is 1200. The second kappa shape index (κ2) is 6.25. The van der Waals surface area contributed by atoms with Crippen LogP contribution in [0.25, 0.3) is 33.5 Å². The summed E-state index contributed by atoms with van der Waals surface area (Å²) >= 11 is 0. The Balaban J connectivity index is 1.74. The number of furan rings is 1. The molecule has 132 valence electrons. The predicted octanol–water partition coefficient (Wildman–Crippen LogP) is 4.87. The molecule has 1 N–H and O–H groups in total. The van der Waals surface area contributed by atoms with Crippen LogP contribution in [0.3, 0.4) is 0 Å². The molecule has 5 rings (SSSR count). The Morgan fingerprint density at radius 2 is 1.93 bits per heavy atom. The molecule has 6 heteroatoms. The Hall–Kier alpha value is -3.67. The molecular formula is C21H15FN4O. The van der Waals surface area contributed by atoms with Crippen molar-refractivity contribution in [3.63, 3.8) is 0 Å². The number of benzene rings is 1. The zero-order valence-electron chi connectivity index (χ0n) is 14.3. The van der Waals surface area contributed by atoms with E-state index in [9.17, 15) is 4.39 Å². The van der Waals surface area contributed by atoms with E-state index in [1.807, 2.05) is 24.4 Å². The number of fused-ring (bicyclic) bond motifs is 1. The van der Waals surface area contributed by atoms with Gasteiger partial charge in [0.25, 0.3) is 0 Å². The van der Waals surface area contributed by atoms with Gasteiger partial charge in [-0.15, -0.1) is 0 Å². The maximum atomic E-state index is 13.4. The highest BCUT2D eigenvalue weighted by Gasteiger charge is 2.18. The predicted molar refractivity (Wildman–Crippen MR) is 101 cm³/mol. The molecular weight excluding hydrogens is 343 g/mol. The SMILES string of the molecule is Fc1ccc(-c2ncn(Cc3ccoc3)c2-c2ccnc3[nH]ccc23)cc1. The molecule has 0 spiro atoms. The maximum Gasteiger partial charge on any atom is 0.137 e. The second-order valence-electron chi connectivity index (χ2n) is 6.31. The highest BCUT2D eigenvalue weighted by atomic mass is 19.1. The molecule has 5 aromatic rings. The van der Waals surface area contributed by atoms with Gasteiger partial charge in [-0.2, -0.15) is 0 Å². The third-order valence-corrected chi connectivity index (χ3v) is 4.60. The first-order valence-corrected chi connectivity index (χ1v) is 8.54. The van der Waals surface area contributed by atoms with Gasteiger partial charge in [-0.25, -0.2) is 14.4 Å². The van der Waals surface area contributed by atoms with Gasteiger partial charge in [0.05, 0.1) is 36.8 Å². The third kappa shape index (κ3) is 2.71. The molecule has 0 radical (unpaired) electrons. The fourth-order valence-corrected chi connectivity index (χ4v) is 3.35. The molecule has 0 bridgehead atoms. The van der Waals surface area contributed by atoms with Crippen molar-refractivity contribution in [3.05, 3.63) is 85.1 Å². The molecule has 0 aliphatic carbocycles. The summed E-state index contributed by atoms with van der Waals surface area (Å²) in [5.74, 6) is -0.268. The average Bonchev–Trinajstić information content (AvgIpc) is 3.43. The summed E-state index contributed by atoms with van der Waals surface area (Å²) in [6, 6.07) is 12.3. The van der Waals surface area contributed by atoms with Gasteiger partial charge in [0, 0.05) is 34.5 Å². The minimum atomic E-state index is -0.268. The lowest BCUT2D eigenvalue weighted by Crippen LogP contribution is -2.00. The van der Waals surface area contributed by atoms with Gasteiger partial charge in [-0.1, -0.05) is 0 Å². The van der Waals surface area contributed by atoms with Crippen LogP contribution in [-0.4, -0.2) is 19.5 Å². The smallest absolute Gasteiger partial charge is 0.137 e. The molecule has 0 fully saturated rings. The molecule has 0 unspecified atom stereocenters. The number of rotatable bonds is 4. The largest absolute Gasteiger partial charge is 0.472 e. The molecule has 0 aliphatic rings. The number of hydrogen-bond donors (Lipinski definition) is 1. The van der Waals surface area contributed by atoms with Crippen LogP contribution >= 0.6 is 0 Å². The van der Waals surface area contributed by atoms with E-state index in [2.05, 4.69) is 19.5 Å². The van der Waals surface area contributed by atoms with Crippen molar-refractivity contribution in [3.8, 4) is 22.5 Å². The van der Waals surface area contributed by atoms with E-state index in [-0.39, 0.29) is 5.82 Å². The van der Waals surface area contributed by atoms with Crippen molar-refractivity contribution in [2.45, 2.75) is 6.54 Å². The zero-order chi connectivity index (χ0) is 18.2. The number of H-pyrrole nitrogens is 1.